The minimum Gasteiger partial charge on any atom is -0.310 e. The number of thiazole rings is 1. The molecule has 0 atom stereocenters. The predicted molar refractivity (Wildman–Crippen MR) is 79.0 cm³/mol. The highest BCUT2D eigenvalue weighted by molar-refractivity contribution is 7.15. The van der Waals surface area contributed by atoms with E-state index in [-0.39, 0.29) is 0 Å². The standard InChI is InChI=1S/C15H20N2S/c1-10(2)16-8-14-9-17-15(18-14)13-6-11(3)5-12(4)7-13/h5-7,9-10,16H,8H2,1-4H3. The first-order valence-electron chi connectivity index (χ1n) is 6.31. The van der Waals surface area contributed by atoms with Crippen molar-refractivity contribution in [2.45, 2.75) is 40.3 Å². The van der Waals surface area contributed by atoms with Gasteiger partial charge in [0.1, 0.15) is 5.01 Å². The smallest absolute Gasteiger partial charge is 0.123 e. The van der Waals surface area contributed by atoms with Crippen LogP contribution in [-0.2, 0) is 6.54 Å². The summed E-state index contributed by atoms with van der Waals surface area (Å²) < 4.78 is 0. The Hall–Kier alpha value is -1.19. The molecule has 1 aromatic heterocycles. The van der Waals surface area contributed by atoms with Gasteiger partial charge in [-0.05, 0) is 26.0 Å². The molecule has 1 aromatic carbocycles. The molecule has 0 radical (unpaired) electrons. The Balaban J connectivity index is 2.18. The Bertz CT molecular complexity index is 509. The van der Waals surface area contributed by atoms with Gasteiger partial charge in [0, 0.05) is 29.2 Å². The maximum Gasteiger partial charge on any atom is 0.123 e. The summed E-state index contributed by atoms with van der Waals surface area (Å²) in [6, 6.07) is 7.10. The number of nitrogens with zero attached hydrogens (tertiary/aromatic N) is 1. The third-order valence-electron chi connectivity index (χ3n) is 2.71. The number of hydrogen-bond donors (Lipinski definition) is 1. The molecule has 0 aliphatic heterocycles. The van der Waals surface area contributed by atoms with Crippen LogP contribution in [0.1, 0.15) is 29.9 Å². The lowest BCUT2D eigenvalue weighted by Crippen LogP contribution is -2.21. The summed E-state index contributed by atoms with van der Waals surface area (Å²) in [6.45, 7) is 9.48. The van der Waals surface area contributed by atoms with Gasteiger partial charge < -0.3 is 5.32 Å². The quantitative estimate of drug-likeness (QED) is 0.901. The molecule has 0 spiro atoms. The largest absolute Gasteiger partial charge is 0.310 e. The second-order valence-electron chi connectivity index (χ2n) is 5.04. The molecule has 0 saturated heterocycles. The minimum atomic E-state index is 0.511. The molecule has 1 heterocycles. The van der Waals surface area contributed by atoms with Crippen molar-refractivity contribution in [2.75, 3.05) is 0 Å². The van der Waals surface area contributed by atoms with Crippen LogP contribution in [0, 0.1) is 13.8 Å². The van der Waals surface area contributed by atoms with Crippen LogP contribution < -0.4 is 5.32 Å². The number of benzene rings is 1. The van der Waals surface area contributed by atoms with Gasteiger partial charge >= 0.3 is 0 Å². The summed E-state index contributed by atoms with van der Waals surface area (Å²) in [6.07, 6.45) is 1.98. The summed E-state index contributed by atoms with van der Waals surface area (Å²) in [5, 5.41) is 4.53. The van der Waals surface area contributed by atoms with Crippen molar-refractivity contribution in [1.29, 1.82) is 0 Å². The topological polar surface area (TPSA) is 24.9 Å². The Morgan fingerprint density at radius 1 is 1.17 bits per heavy atom. The summed E-state index contributed by atoms with van der Waals surface area (Å²) in [7, 11) is 0. The van der Waals surface area contributed by atoms with E-state index >= 15 is 0 Å². The third kappa shape index (κ3) is 3.40. The van der Waals surface area contributed by atoms with E-state index in [0.29, 0.717) is 6.04 Å². The van der Waals surface area contributed by atoms with Crippen LogP contribution in [0.5, 0.6) is 0 Å². The van der Waals surface area contributed by atoms with Crippen LogP contribution in [0.4, 0.5) is 0 Å². The van der Waals surface area contributed by atoms with E-state index in [1.807, 2.05) is 6.20 Å². The molecule has 0 saturated carbocycles. The molecule has 0 amide bonds. The summed E-state index contributed by atoms with van der Waals surface area (Å²) in [4.78, 5) is 5.81. The number of nitrogens with one attached hydrogen (secondary N) is 1. The van der Waals surface area contributed by atoms with E-state index in [0.717, 1.165) is 11.6 Å². The van der Waals surface area contributed by atoms with Crippen molar-refractivity contribution in [2.24, 2.45) is 0 Å². The van der Waals surface area contributed by atoms with E-state index in [1.54, 1.807) is 11.3 Å². The van der Waals surface area contributed by atoms with Gasteiger partial charge in [0.2, 0.25) is 0 Å². The van der Waals surface area contributed by atoms with Gasteiger partial charge in [-0.2, -0.15) is 0 Å². The van der Waals surface area contributed by atoms with E-state index < -0.39 is 0 Å². The molecule has 0 bridgehead atoms. The molecule has 2 rings (SSSR count). The van der Waals surface area contributed by atoms with Crippen molar-refractivity contribution >= 4 is 11.3 Å². The van der Waals surface area contributed by atoms with Crippen molar-refractivity contribution in [3.05, 3.63) is 40.4 Å². The van der Waals surface area contributed by atoms with E-state index in [2.05, 4.69) is 56.2 Å². The van der Waals surface area contributed by atoms with Crippen molar-refractivity contribution < 1.29 is 0 Å². The molecule has 1 N–H and O–H groups in total. The third-order valence-corrected chi connectivity index (χ3v) is 3.75. The average molecular weight is 260 g/mol. The first-order valence-corrected chi connectivity index (χ1v) is 7.13. The van der Waals surface area contributed by atoms with Crippen molar-refractivity contribution in [3.63, 3.8) is 0 Å². The van der Waals surface area contributed by atoms with Crippen LogP contribution in [0.15, 0.2) is 24.4 Å². The molecule has 96 valence electrons. The predicted octanol–water partition coefficient (Wildman–Crippen LogP) is 3.92. The van der Waals surface area contributed by atoms with Crippen LogP contribution >= 0.6 is 11.3 Å². The van der Waals surface area contributed by atoms with Gasteiger partial charge in [-0.3, -0.25) is 0 Å². The summed E-state index contributed by atoms with van der Waals surface area (Å²) in [5.74, 6) is 0. The summed E-state index contributed by atoms with van der Waals surface area (Å²) in [5.41, 5.74) is 3.82. The van der Waals surface area contributed by atoms with E-state index in [4.69, 9.17) is 0 Å². The highest BCUT2D eigenvalue weighted by Gasteiger charge is 2.06. The maximum absolute atomic E-state index is 4.53. The second-order valence-corrected chi connectivity index (χ2v) is 6.16. The molecule has 0 unspecified atom stereocenters. The normalized spacial score (nSPS) is 11.2. The fraction of sp³-hybridized carbons (Fsp3) is 0.400. The van der Waals surface area contributed by atoms with Crippen molar-refractivity contribution in [3.8, 4) is 10.6 Å². The minimum absolute atomic E-state index is 0.511. The first-order chi connectivity index (χ1) is 8.54. The number of hydrogen-bond acceptors (Lipinski definition) is 3. The maximum atomic E-state index is 4.53. The Labute approximate surface area is 113 Å². The zero-order valence-electron chi connectivity index (χ0n) is 11.4. The van der Waals surface area contributed by atoms with Gasteiger partial charge in [-0.1, -0.05) is 31.0 Å². The average Bonchev–Trinajstić information content (AvgIpc) is 2.73. The number of rotatable bonds is 4. The van der Waals surface area contributed by atoms with Gasteiger partial charge in [-0.25, -0.2) is 4.98 Å². The van der Waals surface area contributed by atoms with Gasteiger partial charge in [0.15, 0.2) is 0 Å². The van der Waals surface area contributed by atoms with Crippen LogP contribution in [0.25, 0.3) is 10.6 Å². The Morgan fingerprint density at radius 2 is 1.83 bits per heavy atom. The first kappa shape index (κ1) is 13.2. The molecule has 2 aromatic rings. The molecular formula is C15H20N2S. The summed E-state index contributed by atoms with van der Waals surface area (Å²) >= 11 is 1.77. The monoisotopic (exact) mass is 260 g/mol. The zero-order chi connectivity index (χ0) is 13.1. The molecule has 2 nitrogen and oxygen atoms in total. The molecular weight excluding hydrogens is 240 g/mol. The zero-order valence-corrected chi connectivity index (χ0v) is 12.3. The second kappa shape index (κ2) is 5.63. The lowest BCUT2D eigenvalue weighted by molar-refractivity contribution is 0.593. The highest BCUT2D eigenvalue weighted by Crippen LogP contribution is 2.26. The van der Waals surface area contributed by atoms with E-state index in [9.17, 15) is 0 Å². The molecule has 0 fully saturated rings. The molecule has 0 aliphatic carbocycles. The molecule has 3 heteroatoms. The number of aromatic nitrogens is 1. The van der Waals surface area contributed by atoms with Crippen molar-refractivity contribution in [1.82, 2.24) is 10.3 Å². The molecule has 18 heavy (non-hydrogen) atoms. The Morgan fingerprint density at radius 3 is 2.44 bits per heavy atom. The number of aryl methyl sites for hydroxylation is 2. The van der Waals surface area contributed by atoms with Crippen LogP contribution in [0.3, 0.4) is 0 Å². The Kier molecular flexibility index (Phi) is 4.15. The highest BCUT2D eigenvalue weighted by atomic mass is 32.1. The van der Waals surface area contributed by atoms with Gasteiger partial charge in [0.05, 0.1) is 0 Å². The SMILES string of the molecule is Cc1cc(C)cc(-c2ncc(CNC(C)C)s2)c1. The van der Waals surface area contributed by atoms with E-state index in [1.165, 1.54) is 21.6 Å². The van der Waals surface area contributed by atoms with Crippen LogP contribution in [0.2, 0.25) is 0 Å². The fourth-order valence-corrected chi connectivity index (χ4v) is 2.78. The van der Waals surface area contributed by atoms with Gasteiger partial charge in [-0.15, -0.1) is 11.3 Å². The lowest BCUT2D eigenvalue weighted by atomic mass is 10.1. The fourth-order valence-electron chi connectivity index (χ4n) is 1.93. The van der Waals surface area contributed by atoms with Gasteiger partial charge in [0.25, 0.3) is 0 Å². The van der Waals surface area contributed by atoms with Crippen LogP contribution in [-0.4, -0.2) is 11.0 Å². The lowest BCUT2D eigenvalue weighted by Gasteiger charge is -2.04. The molecule has 0 aliphatic rings.